The molecule has 0 amide bonds. The molecule has 0 spiro atoms. The molecule has 100 valence electrons. The highest BCUT2D eigenvalue weighted by molar-refractivity contribution is 6.31. The summed E-state index contributed by atoms with van der Waals surface area (Å²) in [5, 5.41) is 1.09. The van der Waals surface area contributed by atoms with Gasteiger partial charge in [0.1, 0.15) is 16.7 Å². The molecule has 0 fully saturated rings. The molecule has 1 aromatic heterocycles. The Morgan fingerprint density at radius 1 is 1.21 bits per heavy atom. The Labute approximate surface area is 122 Å². The third kappa shape index (κ3) is 2.82. The average molecular weight is 297 g/mol. The predicted octanol–water partition coefficient (Wildman–Crippen LogP) is 4.33. The van der Waals surface area contributed by atoms with Crippen molar-refractivity contribution in [3.05, 3.63) is 39.8 Å². The van der Waals surface area contributed by atoms with Crippen LogP contribution in [0.5, 0.6) is 5.75 Å². The molecule has 2 aromatic rings. The maximum atomic E-state index is 6.16. The molecule has 0 radical (unpaired) electrons. The molecule has 0 saturated heterocycles. The highest BCUT2D eigenvalue weighted by atomic mass is 35.5. The van der Waals surface area contributed by atoms with Crippen LogP contribution in [0, 0.1) is 6.92 Å². The Hall–Kier alpha value is -1.32. The Bertz CT molecular complexity index is 615. The van der Waals surface area contributed by atoms with Gasteiger partial charge in [0.05, 0.1) is 12.8 Å². The van der Waals surface area contributed by atoms with Gasteiger partial charge in [0.15, 0.2) is 0 Å². The van der Waals surface area contributed by atoms with Crippen LogP contribution in [0.4, 0.5) is 0 Å². The molecule has 0 N–H and O–H groups in total. The average Bonchev–Trinajstić information content (AvgIpc) is 2.41. The van der Waals surface area contributed by atoms with E-state index in [4.69, 9.17) is 27.9 Å². The van der Waals surface area contributed by atoms with Crippen molar-refractivity contribution in [1.29, 1.82) is 0 Å². The van der Waals surface area contributed by atoms with Crippen molar-refractivity contribution in [2.75, 3.05) is 7.11 Å². The fourth-order valence-corrected chi connectivity index (χ4v) is 2.18. The van der Waals surface area contributed by atoms with Gasteiger partial charge in [0.2, 0.25) is 0 Å². The molecule has 0 bridgehead atoms. The van der Waals surface area contributed by atoms with Crippen molar-refractivity contribution >= 4 is 23.2 Å². The summed E-state index contributed by atoms with van der Waals surface area (Å²) in [5.41, 5.74) is 2.40. The summed E-state index contributed by atoms with van der Waals surface area (Å²) in [4.78, 5) is 8.77. The summed E-state index contributed by atoms with van der Waals surface area (Å²) in [6.45, 7) is 3.87. The summed E-state index contributed by atoms with van der Waals surface area (Å²) in [5.74, 6) is 1.41. The number of hydrogen-bond donors (Lipinski definition) is 0. The number of aromatic nitrogens is 2. The van der Waals surface area contributed by atoms with Crippen molar-refractivity contribution in [2.24, 2.45) is 0 Å². The van der Waals surface area contributed by atoms with Gasteiger partial charge in [0, 0.05) is 22.6 Å². The minimum atomic E-state index is 0.462. The highest BCUT2D eigenvalue weighted by Crippen LogP contribution is 2.34. The number of ether oxygens (including phenoxy) is 1. The first-order valence-corrected chi connectivity index (χ1v) is 6.69. The van der Waals surface area contributed by atoms with Gasteiger partial charge < -0.3 is 4.74 Å². The van der Waals surface area contributed by atoms with Gasteiger partial charge in [-0.05, 0) is 25.1 Å². The van der Waals surface area contributed by atoms with Gasteiger partial charge in [-0.2, -0.15) is 0 Å². The van der Waals surface area contributed by atoms with Crippen molar-refractivity contribution in [3.8, 4) is 17.0 Å². The van der Waals surface area contributed by atoms with E-state index in [1.807, 2.05) is 26.0 Å². The molecule has 0 saturated carbocycles. The van der Waals surface area contributed by atoms with Crippen LogP contribution in [-0.4, -0.2) is 17.1 Å². The van der Waals surface area contributed by atoms with Crippen LogP contribution in [0.1, 0.15) is 18.3 Å². The molecule has 1 aromatic carbocycles. The molecule has 2 rings (SSSR count). The maximum absolute atomic E-state index is 6.16. The van der Waals surface area contributed by atoms with Crippen LogP contribution in [0.3, 0.4) is 0 Å². The standard InChI is InChI=1S/C14H14Cl2N2O/c1-4-12-17-13(8(2)14(16)18-12)10-7-9(15)5-6-11(10)19-3/h5-7H,4H2,1-3H3. The topological polar surface area (TPSA) is 35.0 Å². The normalized spacial score (nSPS) is 10.6. The molecular formula is C14H14Cl2N2O. The van der Waals surface area contributed by atoms with E-state index in [1.165, 1.54) is 0 Å². The largest absolute Gasteiger partial charge is 0.496 e. The fraction of sp³-hybridized carbons (Fsp3) is 0.286. The zero-order valence-corrected chi connectivity index (χ0v) is 12.5. The second kappa shape index (κ2) is 5.76. The Balaban J connectivity index is 2.70. The minimum absolute atomic E-state index is 0.462. The Morgan fingerprint density at radius 3 is 2.58 bits per heavy atom. The zero-order valence-electron chi connectivity index (χ0n) is 11.0. The second-order valence-corrected chi connectivity index (χ2v) is 4.90. The molecule has 0 aliphatic rings. The van der Waals surface area contributed by atoms with Gasteiger partial charge in [-0.25, -0.2) is 9.97 Å². The lowest BCUT2D eigenvalue weighted by Gasteiger charge is -2.12. The molecule has 0 aliphatic heterocycles. The Kier molecular flexibility index (Phi) is 4.27. The predicted molar refractivity (Wildman–Crippen MR) is 78.2 cm³/mol. The number of methoxy groups -OCH3 is 1. The first-order valence-electron chi connectivity index (χ1n) is 5.93. The molecule has 0 aliphatic carbocycles. The molecular weight excluding hydrogens is 283 g/mol. The van der Waals surface area contributed by atoms with Gasteiger partial charge >= 0.3 is 0 Å². The van der Waals surface area contributed by atoms with E-state index in [0.717, 1.165) is 23.2 Å². The number of aryl methyl sites for hydroxylation is 1. The maximum Gasteiger partial charge on any atom is 0.136 e. The first-order chi connectivity index (χ1) is 9.06. The van der Waals surface area contributed by atoms with Crippen LogP contribution >= 0.6 is 23.2 Å². The summed E-state index contributed by atoms with van der Waals surface area (Å²) < 4.78 is 5.36. The summed E-state index contributed by atoms with van der Waals surface area (Å²) in [7, 11) is 1.62. The number of halogens is 2. The second-order valence-electron chi connectivity index (χ2n) is 4.10. The van der Waals surface area contributed by atoms with Crippen LogP contribution in [0.15, 0.2) is 18.2 Å². The van der Waals surface area contributed by atoms with Crippen LogP contribution in [-0.2, 0) is 6.42 Å². The minimum Gasteiger partial charge on any atom is -0.496 e. The molecule has 3 nitrogen and oxygen atoms in total. The monoisotopic (exact) mass is 296 g/mol. The van der Waals surface area contributed by atoms with Crippen LogP contribution < -0.4 is 4.74 Å². The molecule has 19 heavy (non-hydrogen) atoms. The van der Waals surface area contributed by atoms with Crippen LogP contribution in [0.25, 0.3) is 11.3 Å². The van der Waals surface area contributed by atoms with E-state index >= 15 is 0 Å². The Morgan fingerprint density at radius 2 is 1.95 bits per heavy atom. The molecule has 5 heteroatoms. The lowest BCUT2D eigenvalue weighted by Crippen LogP contribution is -2.00. The summed E-state index contributed by atoms with van der Waals surface area (Å²) in [6, 6.07) is 5.42. The van der Waals surface area contributed by atoms with Crippen LogP contribution in [0.2, 0.25) is 10.2 Å². The van der Waals surface area contributed by atoms with E-state index in [9.17, 15) is 0 Å². The number of rotatable bonds is 3. The van der Waals surface area contributed by atoms with E-state index in [-0.39, 0.29) is 0 Å². The van der Waals surface area contributed by atoms with Gasteiger partial charge in [0.25, 0.3) is 0 Å². The van der Waals surface area contributed by atoms with E-state index < -0.39 is 0 Å². The van der Waals surface area contributed by atoms with Gasteiger partial charge in [-0.15, -0.1) is 0 Å². The SMILES string of the molecule is CCc1nc(Cl)c(C)c(-c2cc(Cl)ccc2OC)n1. The van der Waals surface area contributed by atoms with Crippen molar-refractivity contribution in [3.63, 3.8) is 0 Å². The van der Waals surface area contributed by atoms with E-state index in [1.54, 1.807) is 13.2 Å². The lowest BCUT2D eigenvalue weighted by molar-refractivity contribution is 0.416. The van der Waals surface area contributed by atoms with E-state index in [0.29, 0.717) is 21.7 Å². The molecule has 1 heterocycles. The third-order valence-corrected chi connectivity index (χ3v) is 3.47. The molecule has 0 unspecified atom stereocenters. The lowest BCUT2D eigenvalue weighted by atomic mass is 10.1. The van der Waals surface area contributed by atoms with Gasteiger partial charge in [-0.3, -0.25) is 0 Å². The van der Waals surface area contributed by atoms with Crippen molar-refractivity contribution in [2.45, 2.75) is 20.3 Å². The summed E-state index contributed by atoms with van der Waals surface area (Å²) in [6.07, 6.45) is 0.718. The van der Waals surface area contributed by atoms with Gasteiger partial charge in [-0.1, -0.05) is 30.1 Å². The smallest absolute Gasteiger partial charge is 0.136 e. The van der Waals surface area contributed by atoms with E-state index in [2.05, 4.69) is 9.97 Å². The quantitative estimate of drug-likeness (QED) is 0.791. The van der Waals surface area contributed by atoms with Crippen molar-refractivity contribution < 1.29 is 4.74 Å². The first kappa shape index (κ1) is 14.1. The molecule has 0 atom stereocenters. The number of benzene rings is 1. The fourth-order valence-electron chi connectivity index (χ4n) is 1.82. The van der Waals surface area contributed by atoms with Crippen molar-refractivity contribution in [1.82, 2.24) is 9.97 Å². The third-order valence-electron chi connectivity index (χ3n) is 2.87. The number of nitrogens with zero attached hydrogens (tertiary/aromatic N) is 2. The summed E-state index contributed by atoms with van der Waals surface area (Å²) >= 11 is 12.2. The highest BCUT2D eigenvalue weighted by Gasteiger charge is 2.15. The zero-order chi connectivity index (χ0) is 14.0. The number of hydrogen-bond acceptors (Lipinski definition) is 3.